The third-order valence-corrected chi connectivity index (χ3v) is 4.78. The van der Waals surface area contributed by atoms with Crippen molar-refractivity contribution < 1.29 is 13.3 Å². The summed E-state index contributed by atoms with van der Waals surface area (Å²) in [7, 11) is 0.721. The zero-order valence-corrected chi connectivity index (χ0v) is 13.3. The zero-order valence-electron chi connectivity index (χ0n) is 12.5. The molecule has 19 heavy (non-hydrogen) atoms. The van der Waals surface area contributed by atoms with Gasteiger partial charge in [0.1, 0.15) is 0 Å². The second kappa shape index (κ2) is 6.50. The Hall–Kier alpha value is -0.910. The Morgan fingerprint density at radius 2 is 1.63 bits per heavy atom. The first-order chi connectivity index (χ1) is 8.74. The number of rotatable bonds is 6. The molecule has 0 spiro atoms. The molecule has 0 aliphatic rings. The molecule has 0 saturated heterocycles. The molecule has 1 rings (SSSR count). The van der Waals surface area contributed by atoms with E-state index in [2.05, 4.69) is 18.8 Å². The normalized spacial score (nSPS) is 12.1. The average molecular weight is 285 g/mol. The van der Waals surface area contributed by atoms with Gasteiger partial charge in [0.25, 0.3) is 0 Å². The molecule has 1 aromatic carbocycles. The maximum atomic E-state index is 12.3. The smallest absolute Gasteiger partial charge is 0.241 e. The molecular formula is C14H25N2O2S+. The van der Waals surface area contributed by atoms with Crippen molar-refractivity contribution in [2.75, 3.05) is 27.2 Å². The van der Waals surface area contributed by atoms with Gasteiger partial charge in [-0.1, -0.05) is 17.7 Å². The number of nitrogens with one attached hydrogen (secondary N) is 2. The Labute approximate surface area is 116 Å². The van der Waals surface area contributed by atoms with E-state index in [9.17, 15) is 8.42 Å². The lowest BCUT2D eigenvalue weighted by Gasteiger charge is -2.13. The standard InChI is InChI=1S/C14H24N2O2S/c1-11-9-12(2)14(13(3)10-11)19(17,18)15-7-6-8-16(4)5/h9-10,15H,6-8H2,1-5H3/p+1. The van der Waals surface area contributed by atoms with Crippen molar-refractivity contribution in [1.82, 2.24) is 4.72 Å². The molecule has 0 bridgehead atoms. The second-order valence-corrected chi connectivity index (χ2v) is 7.14. The molecule has 0 aromatic heterocycles. The van der Waals surface area contributed by atoms with Gasteiger partial charge in [0.2, 0.25) is 10.0 Å². The molecule has 0 atom stereocenters. The van der Waals surface area contributed by atoms with Crippen LogP contribution in [0.1, 0.15) is 23.1 Å². The van der Waals surface area contributed by atoms with E-state index in [1.165, 1.54) is 4.90 Å². The Balaban J connectivity index is 2.84. The van der Waals surface area contributed by atoms with Gasteiger partial charge >= 0.3 is 0 Å². The molecule has 1 aromatic rings. The number of hydrogen-bond donors (Lipinski definition) is 2. The highest BCUT2D eigenvalue weighted by Crippen LogP contribution is 2.21. The molecule has 5 heteroatoms. The van der Waals surface area contributed by atoms with Crippen molar-refractivity contribution >= 4 is 10.0 Å². The molecular weight excluding hydrogens is 260 g/mol. The molecule has 0 fully saturated rings. The van der Waals surface area contributed by atoms with Crippen LogP contribution in [0.4, 0.5) is 0 Å². The van der Waals surface area contributed by atoms with Crippen molar-refractivity contribution in [3.8, 4) is 0 Å². The zero-order chi connectivity index (χ0) is 14.6. The van der Waals surface area contributed by atoms with Gasteiger partial charge in [-0.25, -0.2) is 13.1 Å². The minimum atomic E-state index is -3.40. The van der Waals surface area contributed by atoms with Crippen LogP contribution in [0.5, 0.6) is 0 Å². The predicted molar refractivity (Wildman–Crippen MR) is 78.1 cm³/mol. The fourth-order valence-corrected chi connectivity index (χ4v) is 3.83. The van der Waals surface area contributed by atoms with E-state index in [4.69, 9.17) is 0 Å². The molecule has 0 heterocycles. The van der Waals surface area contributed by atoms with Gasteiger partial charge in [0.05, 0.1) is 25.5 Å². The monoisotopic (exact) mass is 285 g/mol. The van der Waals surface area contributed by atoms with Crippen LogP contribution in [0.25, 0.3) is 0 Å². The Morgan fingerprint density at radius 1 is 1.11 bits per heavy atom. The first-order valence-corrected chi connectivity index (χ1v) is 8.09. The lowest BCUT2D eigenvalue weighted by atomic mass is 10.1. The summed E-state index contributed by atoms with van der Waals surface area (Å²) in [6.07, 6.45) is 0.839. The van der Waals surface area contributed by atoms with Gasteiger partial charge in [-0.2, -0.15) is 0 Å². The van der Waals surface area contributed by atoms with E-state index in [-0.39, 0.29) is 0 Å². The molecule has 0 saturated carbocycles. The number of aryl methyl sites for hydroxylation is 3. The van der Waals surface area contributed by atoms with Crippen LogP contribution in [-0.4, -0.2) is 35.6 Å². The maximum Gasteiger partial charge on any atom is 0.241 e. The topological polar surface area (TPSA) is 50.6 Å². The van der Waals surface area contributed by atoms with Crippen LogP contribution in [0, 0.1) is 20.8 Å². The Morgan fingerprint density at radius 3 is 2.11 bits per heavy atom. The molecule has 0 amide bonds. The second-order valence-electron chi connectivity index (χ2n) is 5.44. The molecule has 0 aliphatic carbocycles. The van der Waals surface area contributed by atoms with Gasteiger partial charge in [0, 0.05) is 13.0 Å². The summed E-state index contributed by atoms with van der Waals surface area (Å²) in [4.78, 5) is 1.75. The van der Waals surface area contributed by atoms with Crippen LogP contribution in [0.3, 0.4) is 0 Å². The van der Waals surface area contributed by atoms with E-state index in [1.54, 1.807) is 0 Å². The summed E-state index contributed by atoms with van der Waals surface area (Å²) in [6, 6.07) is 3.82. The summed E-state index contributed by atoms with van der Waals surface area (Å²) in [6.45, 7) is 7.11. The summed E-state index contributed by atoms with van der Waals surface area (Å²) in [5.74, 6) is 0. The lowest BCUT2D eigenvalue weighted by molar-refractivity contribution is -0.858. The van der Waals surface area contributed by atoms with Gasteiger partial charge in [-0.3, -0.25) is 0 Å². The first-order valence-electron chi connectivity index (χ1n) is 6.60. The fourth-order valence-electron chi connectivity index (χ4n) is 2.31. The highest BCUT2D eigenvalue weighted by molar-refractivity contribution is 7.89. The minimum Gasteiger partial charge on any atom is -0.340 e. The number of sulfonamides is 1. The molecule has 4 nitrogen and oxygen atoms in total. The van der Waals surface area contributed by atoms with Crippen molar-refractivity contribution in [2.24, 2.45) is 0 Å². The third kappa shape index (κ3) is 4.60. The number of quaternary nitrogens is 1. The van der Waals surface area contributed by atoms with E-state index in [0.717, 1.165) is 29.7 Å². The van der Waals surface area contributed by atoms with Gasteiger partial charge in [-0.15, -0.1) is 0 Å². The van der Waals surface area contributed by atoms with Crippen LogP contribution in [-0.2, 0) is 10.0 Å². The largest absolute Gasteiger partial charge is 0.340 e. The molecule has 108 valence electrons. The summed E-state index contributed by atoms with van der Waals surface area (Å²) >= 11 is 0. The number of hydrogen-bond acceptors (Lipinski definition) is 2. The first kappa shape index (κ1) is 16.1. The predicted octanol–water partition coefficient (Wildman–Crippen LogP) is 0.425. The molecule has 0 aliphatic heterocycles. The number of benzene rings is 1. The summed E-state index contributed by atoms with van der Waals surface area (Å²) in [5, 5.41) is 0. The van der Waals surface area contributed by atoms with Crippen LogP contribution < -0.4 is 9.62 Å². The maximum absolute atomic E-state index is 12.3. The van der Waals surface area contributed by atoms with E-state index >= 15 is 0 Å². The van der Waals surface area contributed by atoms with E-state index < -0.39 is 10.0 Å². The van der Waals surface area contributed by atoms with Crippen molar-refractivity contribution in [3.05, 3.63) is 28.8 Å². The highest BCUT2D eigenvalue weighted by Gasteiger charge is 2.19. The fraction of sp³-hybridized carbons (Fsp3) is 0.571. The van der Waals surface area contributed by atoms with Crippen LogP contribution in [0.2, 0.25) is 0 Å². The van der Waals surface area contributed by atoms with E-state index in [1.807, 2.05) is 32.9 Å². The summed E-state index contributed by atoms with van der Waals surface area (Å²) in [5.41, 5.74) is 2.71. The SMILES string of the molecule is Cc1cc(C)c(S(=O)(=O)NCCC[NH+](C)C)c(C)c1. The molecule has 2 N–H and O–H groups in total. The molecule has 0 unspecified atom stereocenters. The van der Waals surface area contributed by atoms with E-state index in [0.29, 0.717) is 11.4 Å². The highest BCUT2D eigenvalue weighted by atomic mass is 32.2. The van der Waals surface area contributed by atoms with Gasteiger partial charge < -0.3 is 4.90 Å². The Kier molecular flexibility index (Phi) is 5.52. The van der Waals surface area contributed by atoms with Gasteiger partial charge in [-0.05, 0) is 31.9 Å². The van der Waals surface area contributed by atoms with Crippen molar-refractivity contribution in [3.63, 3.8) is 0 Å². The minimum absolute atomic E-state index is 0.426. The Bertz CT molecular complexity index is 513. The van der Waals surface area contributed by atoms with Crippen molar-refractivity contribution in [1.29, 1.82) is 0 Å². The van der Waals surface area contributed by atoms with Crippen molar-refractivity contribution in [2.45, 2.75) is 32.1 Å². The third-order valence-electron chi connectivity index (χ3n) is 3.02. The molecule has 0 radical (unpaired) electrons. The quantitative estimate of drug-likeness (QED) is 0.745. The van der Waals surface area contributed by atoms with Crippen LogP contribution in [0.15, 0.2) is 17.0 Å². The lowest BCUT2D eigenvalue weighted by Crippen LogP contribution is -3.05. The van der Waals surface area contributed by atoms with Crippen LogP contribution >= 0.6 is 0 Å². The summed E-state index contributed by atoms with van der Waals surface area (Å²) < 4.78 is 27.3. The average Bonchev–Trinajstić information content (AvgIpc) is 2.22. The van der Waals surface area contributed by atoms with Gasteiger partial charge in [0.15, 0.2) is 0 Å².